The van der Waals surface area contributed by atoms with Crippen LogP contribution in [-0.2, 0) is 0 Å². The van der Waals surface area contributed by atoms with Gasteiger partial charge in [-0.3, -0.25) is 19.9 Å². The van der Waals surface area contributed by atoms with Crippen molar-refractivity contribution in [3.05, 3.63) is 50.9 Å². The molecule has 0 aliphatic heterocycles. The van der Waals surface area contributed by atoms with Gasteiger partial charge in [0.2, 0.25) is 5.88 Å². The van der Waals surface area contributed by atoms with Crippen molar-refractivity contribution in [2.24, 2.45) is 5.73 Å². The lowest BCUT2D eigenvalue weighted by atomic mass is 10.2. The zero-order chi connectivity index (χ0) is 14.7. The van der Waals surface area contributed by atoms with Gasteiger partial charge in [0.1, 0.15) is 17.5 Å². The number of carbonyl (C=O) groups is 1. The molecule has 2 heterocycles. The van der Waals surface area contributed by atoms with Crippen molar-refractivity contribution in [1.29, 1.82) is 0 Å². The molecule has 2 rings (SSSR count). The fraction of sp³-hybridized carbons (Fsp3) is 0. The number of amides is 1. The first-order chi connectivity index (χ1) is 9.47. The van der Waals surface area contributed by atoms with Gasteiger partial charge < -0.3 is 10.5 Å². The van der Waals surface area contributed by atoms with Gasteiger partial charge in [-0.05, 0) is 22.0 Å². The SMILES string of the molecule is NC(=O)c1cc([N+](=O)[O-])cnc1Oc1cncc(Br)c1. The molecule has 0 saturated carbocycles. The number of nitrogens with zero attached hydrogens (tertiary/aromatic N) is 3. The summed E-state index contributed by atoms with van der Waals surface area (Å²) < 4.78 is 6.02. The summed E-state index contributed by atoms with van der Waals surface area (Å²) in [5.74, 6) is -0.689. The number of rotatable bonds is 4. The second kappa shape index (κ2) is 5.61. The van der Waals surface area contributed by atoms with Crippen LogP contribution in [0.1, 0.15) is 10.4 Å². The van der Waals surface area contributed by atoms with Crippen molar-refractivity contribution in [2.45, 2.75) is 0 Å². The Morgan fingerprint density at radius 2 is 2.10 bits per heavy atom. The Labute approximate surface area is 120 Å². The normalized spacial score (nSPS) is 10.1. The maximum Gasteiger partial charge on any atom is 0.288 e. The first-order valence-corrected chi connectivity index (χ1v) is 5.99. The minimum Gasteiger partial charge on any atom is -0.437 e. The van der Waals surface area contributed by atoms with Crippen LogP contribution in [0.5, 0.6) is 11.6 Å². The monoisotopic (exact) mass is 338 g/mol. The quantitative estimate of drug-likeness (QED) is 0.672. The third-order valence-electron chi connectivity index (χ3n) is 2.21. The van der Waals surface area contributed by atoms with Crippen LogP contribution in [0.4, 0.5) is 5.69 Å². The zero-order valence-electron chi connectivity index (χ0n) is 9.82. The average Bonchev–Trinajstić information content (AvgIpc) is 2.38. The molecule has 2 N–H and O–H groups in total. The molecular weight excluding hydrogens is 332 g/mol. The standard InChI is InChI=1S/C11H7BrN4O4/c12-6-1-8(5-14-3-6)20-11-9(10(13)17)2-7(4-15-11)16(18)19/h1-5H,(H2,13,17). The molecule has 0 aliphatic carbocycles. The second-order valence-electron chi connectivity index (χ2n) is 3.61. The van der Waals surface area contributed by atoms with Gasteiger partial charge in [0, 0.05) is 16.7 Å². The topological polar surface area (TPSA) is 121 Å². The highest BCUT2D eigenvalue weighted by atomic mass is 79.9. The van der Waals surface area contributed by atoms with Gasteiger partial charge in [0.05, 0.1) is 11.1 Å². The molecule has 0 aromatic carbocycles. The summed E-state index contributed by atoms with van der Waals surface area (Å²) in [7, 11) is 0. The van der Waals surface area contributed by atoms with Crippen LogP contribution >= 0.6 is 15.9 Å². The fourth-order valence-electron chi connectivity index (χ4n) is 1.36. The number of pyridine rings is 2. The van der Waals surface area contributed by atoms with Gasteiger partial charge in [0.15, 0.2) is 0 Å². The molecule has 0 spiro atoms. The first-order valence-electron chi connectivity index (χ1n) is 5.20. The largest absolute Gasteiger partial charge is 0.437 e. The number of ether oxygens (including phenoxy) is 1. The maximum atomic E-state index is 11.3. The van der Waals surface area contributed by atoms with Crippen molar-refractivity contribution in [3.8, 4) is 11.6 Å². The van der Waals surface area contributed by atoms with E-state index in [1.54, 1.807) is 12.3 Å². The Morgan fingerprint density at radius 3 is 2.70 bits per heavy atom. The van der Waals surface area contributed by atoms with Crippen LogP contribution in [0, 0.1) is 10.1 Å². The number of primary amides is 1. The number of aromatic nitrogens is 2. The second-order valence-corrected chi connectivity index (χ2v) is 4.52. The number of nitrogens with two attached hydrogens (primary N) is 1. The lowest BCUT2D eigenvalue weighted by Crippen LogP contribution is -2.13. The van der Waals surface area contributed by atoms with Gasteiger partial charge in [-0.25, -0.2) is 4.98 Å². The zero-order valence-corrected chi connectivity index (χ0v) is 11.4. The van der Waals surface area contributed by atoms with E-state index >= 15 is 0 Å². The number of nitro groups is 1. The Bertz CT molecular complexity index is 692. The molecule has 9 heteroatoms. The van der Waals surface area contributed by atoms with Crippen LogP contribution in [-0.4, -0.2) is 20.8 Å². The summed E-state index contributed by atoms with van der Waals surface area (Å²) in [6, 6.07) is 2.61. The van der Waals surface area contributed by atoms with Crippen molar-refractivity contribution in [3.63, 3.8) is 0 Å². The molecule has 0 radical (unpaired) electrons. The highest BCUT2D eigenvalue weighted by Gasteiger charge is 2.18. The van der Waals surface area contributed by atoms with Crippen LogP contribution < -0.4 is 10.5 Å². The van der Waals surface area contributed by atoms with E-state index in [4.69, 9.17) is 10.5 Å². The molecule has 1 amide bonds. The Hall–Kier alpha value is -2.55. The van der Waals surface area contributed by atoms with Crippen LogP contribution in [0.25, 0.3) is 0 Å². The molecule has 2 aromatic heterocycles. The van der Waals surface area contributed by atoms with Crippen molar-refractivity contribution in [2.75, 3.05) is 0 Å². The fourth-order valence-corrected chi connectivity index (χ4v) is 1.70. The molecular formula is C11H7BrN4O4. The molecule has 0 saturated heterocycles. The summed E-state index contributed by atoms with van der Waals surface area (Å²) in [6.45, 7) is 0. The van der Waals surface area contributed by atoms with Gasteiger partial charge in [-0.1, -0.05) is 0 Å². The summed E-state index contributed by atoms with van der Waals surface area (Å²) in [6.07, 6.45) is 3.93. The molecule has 20 heavy (non-hydrogen) atoms. The summed E-state index contributed by atoms with van der Waals surface area (Å²) in [5.41, 5.74) is 4.63. The van der Waals surface area contributed by atoms with E-state index in [0.717, 1.165) is 12.3 Å². The Morgan fingerprint density at radius 1 is 1.35 bits per heavy atom. The number of halogens is 1. The average molecular weight is 339 g/mol. The smallest absolute Gasteiger partial charge is 0.288 e. The molecule has 0 aliphatic rings. The van der Waals surface area contributed by atoms with E-state index in [0.29, 0.717) is 10.2 Å². The molecule has 0 atom stereocenters. The highest BCUT2D eigenvalue weighted by Crippen LogP contribution is 2.26. The summed E-state index contributed by atoms with van der Waals surface area (Å²) in [4.78, 5) is 28.9. The third-order valence-corrected chi connectivity index (χ3v) is 2.64. The molecule has 102 valence electrons. The minimum atomic E-state index is -0.876. The number of hydrogen-bond acceptors (Lipinski definition) is 6. The lowest BCUT2D eigenvalue weighted by molar-refractivity contribution is -0.385. The lowest BCUT2D eigenvalue weighted by Gasteiger charge is -2.07. The Balaban J connectivity index is 2.41. The van der Waals surface area contributed by atoms with E-state index in [1.807, 2.05) is 0 Å². The first kappa shape index (κ1) is 13.9. The third kappa shape index (κ3) is 3.06. The van der Waals surface area contributed by atoms with E-state index in [9.17, 15) is 14.9 Å². The van der Waals surface area contributed by atoms with Gasteiger partial charge in [0.25, 0.3) is 11.6 Å². The molecule has 2 aromatic rings. The van der Waals surface area contributed by atoms with Crippen molar-refractivity contribution < 1.29 is 14.5 Å². The van der Waals surface area contributed by atoms with Crippen molar-refractivity contribution >= 4 is 27.5 Å². The number of carbonyl (C=O) groups excluding carboxylic acids is 1. The minimum absolute atomic E-state index is 0.122. The maximum absolute atomic E-state index is 11.3. The predicted octanol–water partition coefficient (Wildman–Crippen LogP) is 2.04. The van der Waals surface area contributed by atoms with Gasteiger partial charge >= 0.3 is 0 Å². The van der Waals surface area contributed by atoms with Crippen LogP contribution in [0.3, 0.4) is 0 Å². The van der Waals surface area contributed by atoms with Gasteiger partial charge in [-0.2, -0.15) is 0 Å². The van der Waals surface area contributed by atoms with E-state index in [2.05, 4.69) is 25.9 Å². The van der Waals surface area contributed by atoms with E-state index in [1.165, 1.54) is 6.20 Å². The highest BCUT2D eigenvalue weighted by molar-refractivity contribution is 9.10. The molecule has 0 fully saturated rings. The van der Waals surface area contributed by atoms with Gasteiger partial charge in [-0.15, -0.1) is 0 Å². The number of hydrogen-bond donors (Lipinski definition) is 1. The summed E-state index contributed by atoms with van der Waals surface area (Å²) in [5, 5.41) is 10.6. The van der Waals surface area contributed by atoms with Crippen molar-refractivity contribution in [1.82, 2.24) is 9.97 Å². The van der Waals surface area contributed by atoms with E-state index in [-0.39, 0.29) is 17.1 Å². The molecule has 0 unspecified atom stereocenters. The predicted molar refractivity (Wildman–Crippen MR) is 71.4 cm³/mol. The molecule has 0 bridgehead atoms. The molecule has 8 nitrogen and oxygen atoms in total. The Kier molecular flexibility index (Phi) is 3.89. The van der Waals surface area contributed by atoms with Crippen LogP contribution in [0.15, 0.2) is 35.2 Å². The summed E-state index contributed by atoms with van der Waals surface area (Å²) >= 11 is 3.21. The van der Waals surface area contributed by atoms with E-state index < -0.39 is 10.8 Å². The van der Waals surface area contributed by atoms with Crippen LogP contribution in [0.2, 0.25) is 0 Å².